The fraction of sp³-hybridized carbons (Fsp3) is 0.417. The van der Waals surface area contributed by atoms with Gasteiger partial charge in [0.2, 0.25) is 11.8 Å². The van der Waals surface area contributed by atoms with E-state index in [1.165, 1.54) is 6.07 Å². The third-order valence-electron chi connectivity index (χ3n) is 5.55. The molecule has 0 atom stereocenters. The third kappa shape index (κ3) is 6.79. The summed E-state index contributed by atoms with van der Waals surface area (Å²) in [5, 5.41) is 2.89. The molecule has 0 aromatic heterocycles. The summed E-state index contributed by atoms with van der Waals surface area (Å²) in [5.74, 6) is 0.466. The second-order valence-corrected chi connectivity index (χ2v) is 8.69. The number of carbonyl (C=O) groups excluding carboxylic acids is 2. The maximum Gasteiger partial charge on any atom is 0.223 e. The van der Waals surface area contributed by atoms with Crippen LogP contribution in [-0.2, 0) is 16.1 Å². The zero-order chi connectivity index (χ0) is 22.2. The number of ether oxygens (including phenoxy) is 1. The molecule has 1 aliphatic rings. The number of piperidine rings is 1. The first kappa shape index (κ1) is 23.3. The van der Waals surface area contributed by atoms with Crippen molar-refractivity contribution >= 4 is 27.7 Å². The van der Waals surface area contributed by atoms with Gasteiger partial charge >= 0.3 is 0 Å². The van der Waals surface area contributed by atoms with Gasteiger partial charge in [0, 0.05) is 32.0 Å². The Morgan fingerprint density at radius 2 is 1.94 bits per heavy atom. The van der Waals surface area contributed by atoms with Crippen molar-refractivity contribution in [3.8, 4) is 5.75 Å². The number of halogens is 2. The Labute approximate surface area is 191 Å². The maximum absolute atomic E-state index is 13.6. The number of rotatable bonds is 8. The van der Waals surface area contributed by atoms with Gasteiger partial charge in [-0.15, -0.1) is 0 Å². The van der Waals surface area contributed by atoms with Crippen molar-refractivity contribution in [1.82, 2.24) is 10.2 Å². The van der Waals surface area contributed by atoms with Gasteiger partial charge in [0.1, 0.15) is 11.6 Å². The van der Waals surface area contributed by atoms with E-state index in [-0.39, 0.29) is 23.5 Å². The normalized spacial score (nSPS) is 14.4. The minimum absolute atomic E-state index is 0.0325. The van der Waals surface area contributed by atoms with Gasteiger partial charge in [-0.3, -0.25) is 9.59 Å². The fourth-order valence-electron chi connectivity index (χ4n) is 3.60. The molecule has 0 spiro atoms. The Hall–Kier alpha value is -2.41. The van der Waals surface area contributed by atoms with Crippen LogP contribution in [0.2, 0.25) is 0 Å². The number of nitrogens with one attached hydrogen (secondary N) is 1. The molecule has 166 valence electrons. The molecular weight excluding hydrogens is 463 g/mol. The zero-order valence-electron chi connectivity index (χ0n) is 17.7. The van der Waals surface area contributed by atoms with E-state index in [1.54, 1.807) is 13.0 Å². The molecular formula is C24H28BrFN2O3. The van der Waals surface area contributed by atoms with E-state index >= 15 is 0 Å². The SMILES string of the molecule is Cc1ccc(CNC(=O)C2CCN(C(=O)CCCOc3ccccc3Br)CC2)cc1F. The Balaban J connectivity index is 1.34. The lowest BCUT2D eigenvalue weighted by Gasteiger charge is -2.31. The molecule has 0 radical (unpaired) electrons. The van der Waals surface area contributed by atoms with Gasteiger partial charge in [-0.2, -0.15) is 0 Å². The highest BCUT2D eigenvalue weighted by atomic mass is 79.9. The smallest absolute Gasteiger partial charge is 0.223 e. The van der Waals surface area contributed by atoms with Gasteiger partial charge in [0.05, 0.1) is 11.1 Å². The molecule has 1 fully saturated rings. The summed E-state index contributed by atoms with van der Waals surface area (Å²) in [5.41, 5.74) is 1.33. The number of amides is 2. The number of hydrogen-bond acceptors (Lipinski definition) is 3. The minimum Gasteiger partial charge on any atom is -0.492 e. The third-order valence-corrected chi connectivity index (χ3v) is 6.21. The fourth-order valence-corrected chi connectivity index (χ4v) is 4.00. The van der Waals surface area contributed by atoms with Crippen LogP contribution in [0.5, 0.6) is 5.75 Å². The Morgan fingerprint density at radius 3 is 2.65 bits per heavy atom. The molecule has 2 aromatic carbocycles. The molecule has 7 heteroatoms. The van der Waals surface area contributed by atoms with Crippen LogP contribution in [-0.4, -0.2) is 36.4 Å². The molecule has 0 saturated carbocycles. The van der Waals surface area contributed by atoms with Crippen LogP contribution in [0.3, 0.4) is 0 Å². The maximum atomic E-state index is 13.6. The molecule has 1 saturated heterocycles. The molecule has 31 heavy (non-hydrogen) atoms. The van der Waals surface area contributed by atoms with Crippen molar-refractivity contribution in [1.29, 1.82) is 0 Å². The predicted molar refractivity (Wildman–Crippen MR) is 121 cm³/mol. The minimum atomic E-state index is -0.264. The molecule has 0 unspecified atom stereocenters. The number of aryl methyl sites for hydroxylation is 1. The summed E-state index contributed by atoms with van der Waals surface area (Å²) in [7, 11) is 0. The highest BCUT2D eigenvalue weighted by molar-refractivity contribution is 9.10. The molecule has 2 aromatic rings. The van der Waals surface area contributed by atoms with Crippen molar-refractivity contribution in [3.63, 3.8) is 0 Å². The monoisotopic (exact) mass is 490 g/mol. The van der Waals surface area contributed by atoms with Crippen LogP contribution in [0, 0.1) is 18.7 Å². The lowest BCUT2D eigenvalue weighted by molar-refractivity contribution is -0.135. The standard InChI is InChI=1S/C24H28BrFN2O3/c1-17-8-9-18(15-21(17)26)16-27-24(30)19-10-12-28(13-11-19)23(29)7-4-14-31-22-6-3-2-5-20(22)25/h2-3,5-6,8-9,15,19H,4,7,10-14,16H2,1H3,(H,27,30). The molecule has 1 N–H and O–H groups in total. The van der Waals surface area contributed by atoms with E-state index in [4.69, 9.17) is 4.74 Å². The lowest BCUT2D eigenvalue weighted by Crippen LogP contribution is -2.42. The summed E-state index contributed by atoms with van der Waals surface area (Å²) in [6.45, 7) is 3.67. The first-order valence-corrected chi connectivity index (χ1v) is 11.4. The van der Waals surface area contributed by atoms with Crippen molar-refractivity contribution in [2.45, 2.75) is 39.2 Å². The molecule has 1 heterocycles. The van der Waals surface area contributed by atoms with E-state index in [2.05, 4.69) is 21.2 Å². The second kappa shape index (κ2) is 11.3. The van der Waals surface area contributed by atoms with Gasteiger partial charge in [-0.05, 0) is 71.4 Å². The number of hydrogen-bond donors (Lipinski definition) is 1. The van der Waals surface area contributed by atoms with Crippen LogP contribution in [0.1, 0.15) is 36.8 Å². The first-order valence-electron chi connectivity index (χ1n) is 10.6. The first-order chi connectivity index (χ1) is 14.9. The number of benzene rings is 2. The van der Waals surface area contributed by atoms with E-state index in [1.807, 2.05) is 35.2 Å². The van der Waals surface area contributed by atoms with Gasteiger partial charge in [0.15, 0.2) is 0 Å². The number of likely N-dealkylation sites (tertiary alicyclic amines) is 1. The van der Waals surface area contributed by atoms with Crippen molar-refractivity contribution < 1.29 is 18.7 Å². The quantitative estimate of drug-likeness (QED) is 0.549. The number of nitrogens with zero attached hydrogens (tertiary/aromatic N) is 1. The van der Waals surface area contributed by atoms with E-state index in [0.29, 0.717) is 57.5 Å². The highest BCUT2D eigenvalue weighted by Crippen LogP contribution is 2.24. The lowest BCUT2D eigenvalue weighted by atomic mass is 9.95. The van der Waals surface area contributed by atoms with Gasteiger partial charge in [-0.25, -0.2) is 4.39 Å². The molecule has 0 bridgehead atoms. The average Bonchev–Trinajstić information content (AvgIpc) is 2.78. The summed E-state index contributed by atoms with van der Waals surface area (Å²) in [4.78, 5) is 26.7. The van der Waals surface area contributed by atoms with E-state index in [0.717, 1.165) is 15.8 Å². The average molecular weight is 491 g/mol. The molecule has 1 aliphatic heterocycles. The van der Waals surface area contributed by atoms with Crippen molar-refractivity contribution in [2.75, 3.05) is 19.7 Å². The van der Waals surface area contributed by atoms with Gasteiger partial charge in [0.25, 0.3) is 0 Å². The zero-order valence-corrected chi connectivity index (χ0v) is 19.3. The molecule has 2 amide bonds. The molecule has 3 rings (SSSR count). The topological polar surface area (TPSA) is 58.6 Å². The van der Waals surface area contributed by atoms with Crippen LogP contribution < -0.4 is 10.1 Å². The Bertz CT molecular complexity index is 913. The van der Waals surface area contributed by atoms with E-state index in [9.17, 15) is 14.0 Å². The molecule has 0 aliphatic carbocycles. The van der Waals surface area contributed by atoms with Crippen LogP contribution in [0.15, 0.2) is 46.9 Å². The summed E-state index contributed by atoms with van der Waals surface area (Å²) < 4.78 is 20.2. The predicted octanol–water partition coefficient (Wildman–Crippen LogP) is 4.61. The number of carbonyl (C=O) groups is 2. The second-order valence-electron chi connectivity index (χ2n) is 7.84. The van der Waals surface area contributed by atoms with Crippen molar-refractivity contribution in [3.05, 3.63) is 63.9 Å². The van der Waals surface area contributed by atoms with Gasteiger partial charge in [-0.1, -0.05) is 24.3 Å². The van der Waals surface area contributed by atoms with Crippen LogP contribution in [0.4, 0.5) is 4.39 Å². The van der Waals surface area contributed by atoms with Crippen LogP contribution >= 0.6 is 15.9 Å². The van der Waals surface area contributed by atoms with Gasteiger partial charge < -0.3 is 15.0 Å². The van der Waals surface area contributed by atoms with Crippen molar-refractivity contribution in [2.24, 2.45) is 5.92 Å². The highest BCUT2D eigenvalue weighted by Gasteiger charge is 2.27. The number of para-hydroxylation sites is 1. The largest absolute Gasteiger partial charge is 0.492 e. The summed E-state index contributed by atoms with van der Waals surface area (Å²) in [6, 6.07) is 12.6. The summed E-state index contributed by atoms with van der Waals surface area (Å²) >= 11 is 3.44. The van der Waals surface area contributed by atoms with E-state index < -0.39 is 0 Å². The Morgan fingerprint density at radius 1 is 1.19 bits per heavy atom. The molecule has 5 nitrogen and oxygen atoms in total. The Kier molecular flexibility index (Phi) is 8.46. The summed E-state index contributed by atoms with van der Waals surface area (Å²) in [6.07, 6.45) is 2.37. The van der Waals surface area contributed by atoms with Crippen LogP contribution in [0.25, 0.3) is 0 Å².